The molecule has 1 heterocycles. The van der Waals surface area contributed by atoms with Crippen molar-refractivity contribution in [2.24, 2.45) is 0 Å². The molecule has 0 saturated carbocycles. The number of aromatic amines is 1. The third kappa shape index (κ3) is 1.84. The van der Waals surface area contributed by atoms with E-state index in [-0.39, 0.29) is 5.78 Å². The van der Waals surface area contributed by atoms with E-state index in [9.17, 15) is 4.79 Å². The van der Waals surface area contributed by atoms with E-state index in [0.717, 1.165) is 22.0 Å². The Labute approximate surface area is 88.6 Å². The van der Waals surface area contributed by atoms with Crippen LogP contribution >= 0.6 is 0 Å². The van der Waals surface area contributed by atoms with E-state index >= 15 is 0 Å². The quantitative estimate of drug-likeness (QED) is 0.584. The fraction of sp³-hybridized carbons (Fsp3) is 0.154. The molecular weight excluding hydrogens is 186 g/mol. The largest absolute Gasteiger partial charge is 0.360 e. The Hall–Kier alpha value is -1.83. The van der Waals surface area contributed by atoms with Gasteiger partial charge in [0.25, 0.3) is 0 Å². The molecule has 0 atom stereocenters. The second kappa shape index (κ2) is 3.73. The summed E-state index contributed by atoms with van der Waals surface area (Å²) in [6.45, 7) is 3.85. The van der Waals surface area contributed by atoms with Crippen molar-refractivity contribution in [1.29, 1.82) is 0 Å². The SMILES string of the molecule is CC(C)=CC(=O)c1c[nH]c2ccccc12. The van der Waals surface area contributed by atoms with Crippen molar-refractivity contribution in [3.05, 3.63) is 47.7 Å². The normalized spacial score (nSPS) is 10.3. The summed E-state index contributed by atoms with van der Waals surface area (Å²) in [6.07, 6.45) is 3.43. The molecule has 0 fully saturated rings. The minimum atomic E-state index is 0.0625. The number of hydrogen-bond donors (Lipinski definition) is 1. The first kappa shape index (κ1) is 9.71. The van der Waals surface area contributed by atoms with Gasteiger partial charge in [0.2, 0.25) is 0 Å². The molecule has 0 radical (unpaired) electrons. The molecule has 1 aromatic heterocycles. The summed E-state index contributed by atoms with van der Waals surface area (Å²) in [5, 5.41) is 0.986. The molecule has 0 bridgehead atoms. The second-order valence-electron chi connectivity index (χ2n) is 3.83. The van der Waals surface area contributed by atoms with Crippen LogP contribution in [0.1, 0.15) is 24.2 Å². The molecule has 76 valence electrons. The lowest BCUT2D eigenvalue weighted by atomic mass is 10.1. The van der Waals surface area contributed by atoms with Gasteiger partial charge in [-0.05, 0) is 26.0 Å². The Bertz CT molecular complexity index is 530. The van der Waals surface area contributed by atoms with E-state index < -0.39 is 0 Å². The summed E-state index contributed by atoms with van der Waals surface area (Å²) >= 11 is 0. The maximum Gasteiger partial charge on any atom is 0.187 e. The molecule has 2 heteroatoms. The number of benzene rings is 1. The number of allylic oxidation sites excluding steroid dienone is 2. The van der Waals surface area contributed by atoms with Crippen LogP contribution in [0.15, 0.2) is 42.1 Å². The molecule has 2 rings (SSSR count). The van der Waals surface area contributed by atoms with Crippen LogP contribution in [0.2, 0.25) is 0 Å². The van der Waals surface area contributed by atoms with Gasteiger partial charge >= 0.3 is 0 Å². The highest BCUT2D eigenvalue weighted by Crippen LogP contribution is 2.18. The van der Waals surface area contributed by atoms with Crippen LogP contribution in [0, 0.1) is 0 Å². The average molecular weight is 199 g/mol. The van der Waals surface area contributed by atoms with Gasteiger partial charge in [0.05, 0.1) is 0 Å². The number of H-pyrrole nitrogens is 1. The second-order valence-corrected chi connectivity index (χ2v) is 3.83. The van der Waals surface area contributed by atoms with Crippen LogP contribution in [0.4, 0.5) is 0 Å². The molecule has 0 aliphatic rings. The number of carbonyl (C=O) groups is 1. The molecule has 0 saturated heterocycles. The van der Waals surface area contributed by atoms with E-state index in [1.165, 1.54) is 0 Å². The van der Waals surface area contributed by atoms with Crippen LogP contribution in [0.3, 0.4) is 0 Å². The molecule has 0 amide bonds. The summed E-state index contributed by atoms with van der Waals surface area (Å²) < 4.78 is 0. The van der Waals surface area contributed by atoms with Crippen molar-refractivity contribution in [3.63, 3.8) is 0 Å². The minimum absolute atomic E-state index is 0.0625. The molecule has 0 spiro atoms. The molecule has 0 unspecified atom stereocenters. The zero-order chi connectivity index (χ0) is 10.8. The lowest BCUT2D eigenvalue weighted by Crippen LogP contribution is -1.93. The van der Waals surface area contributed by atoms with Gasteiger partial charge in [-0.2, -0.15) is 0 Å². The van der Waals surface area contributed by atoms with Gasteiger partial charge in [0, 0.05) is 22.7 Å². The molecule has 1 aromatic carbocycles. The fourth-order valence-electron chi connectivity index (χ4n) is 1.62. The van der Waals surface area contributed by atoms with Crippen LogP contribution in [0.5, 0.6) is 0 Å². The van der Waals surface area contributed by atoms with Gasteiger partial charge in [0.15, 0.2) is 5.78 Å². The molecule has 2 nitrogen and oxygen atoms in total. The minimum Gasteiger partial charge on any atom is -0.360 e. The van der Waals surface area contributed by atoms with Crippen LogP contribution in [-0.4, -0.2) is 10.8 Å². The summed E-state index contributed by atoms with van der Waals surface area (Å²) in [5.74, 6) is 0.0625. The maximum atomic E-state index is 11.8. The zero-order valence-corrected chi connectivity index (χ0v) is 8.87. The third-order valence-electron chi connectivity index (χ3n) is 2.27. The van der Waals surface area contributed by atoms with Gasteiger partial charge < -0.3 is 4.98 Å². The molecular formula is C13H13NO. The van der Waals surface area contributed by atoms with Gasteiger partial charge in [-0.15, -0.1) is 0 Å². The smallest absolute Gasteiger partial charge is 0.187 e. The van der Waals surface area contributed by atoms with Crippen molar-refractivity contribution >= 4 is 16.7 Å². The summed E-state index contributed by atoms with van der Waals surface area (Å²) in [7, 11) is 0. The Balaban J connectivity index is 2.53. The highest BCUT2D eigenvalue weighted by molar-refractivity contribution is 6.13. The average Bonchev–Trinajstić information content (AvgIpc) is 2.59. The van der Waals surface area contributed by atoms with Crippen LogP contribution in [-0.2, 0) is 0 Å². The van der Waals surface area contributed by atoms with Crippen molar-refractivity contribution in [2.45, 2.75) is 13.8 Å². The predicted molar refractivity (Wildman–Crippen MR) is 62.1 cm³/mol. The first-order valence-corrected chi connectivity index (χ1v) is 4.94. The Morgan fingerprint density at radius 2 is 2.00 bits per heavy atom. The van der Waals surface area contributed by atoms with Gasteiger partial charge in [-0.25, -0.2) is 0 Å². The highest BCUT2D eigenvalue weighted by atomic mass is 16.1. The maximum absolute atomic E-state index is 11.8. The third-order valence-corrected chi connectivity index (χ3v) is 2.27. The molecule has 0 aliphatic heterocycles. The van der Waals surface area contributed by atoms with Crippen molar-refractivity contribution in [3.8, 4) is 0 Å². The monoisotopic (exact) mass is 199 g/mol. The highest BCUT2D eigenvalue weighted by Gasteiger charge is 2.08. The topological polar surface area (TPSA) is 32.9 Å². The molecule has 15 heavy (non-hydrogen) atoms. The van der Waals surface area contributed by atoms with E-state index in [1.807, 2.05) is 38.1 Å². The summed E-state index contributed by atoms with van der Waals surface area (Å²) in [5.41, 5.74) is 2.76. The molecule has 2 aromatic rings. The van der Waals surface area contributed by atoms with Crippen LogP contribution in [0.25, 0.3) is 10.9 Å². The Morgan fingerprint density at radius 1 is 1.27 bits per heavy atom. The van der Waals surface area contributed by atoms with E-state index in [2.05, 4.69) is 4.98 Å². The zero-order valence-electron chi connectivity index (χ0n) is 8.87. The molecule has 1 N–H and O–H groups in total. The Morgan fingerprint density at radius 3 is 2.73 bits per heavy atom. The fourth-order valence-corrected chi connectivity index (χ4v) is 1.62. The van der Waals surface area contributed by atoms with E-state index in [1.54, 1.807) is 12.3 Å². The lowest BCUT2D eigenvalue weighted by molar-refractivity contribution is 0.104. The first-order valence-electron chi connectivity index (χ1n) is 4.94. The lowest BCUT2D eigenvalue weighted by Gasteiger charge is -1.94. The van der Waals surface area contributed by atoms with Crippen LogP contribution < -0.4 is 0 Å². The van der Waals surface area contributed by atoms with E-state index in [4.69, 9.17) is 0 Å². The first-order chi connectivity index (χ1) is 7.18. The van der Waals surface area contributed by atoms with Gasteiger partial charge in [-0.3, -0.25) is 4.79 Å². The van der Waals surface area contributed by atoms with Gasteiger partial charge in [-0.1, -0.05) is 23.8 Å². The number of carbonyl (C=O) groups excluding carboxylic acids is 1. The molecule has 0 aliphatic carbocycles. The van der Waals surface area contributed by atoms with Gasteiger partial charge in [0.1, 0.15) is 0 Å². The number of nitrogens with one attached hydrogen (secondary N) is 1. The van der Waals surface area contributed by atoms with Crippen molar-refractivity contribution in [1.82, 2.24) is 4.98 Å². The number of aromatic nitrogens is 1. The summed E-state index contributed by atoms with van der Waals surface area (Å²) in [4.78, 5) is 14.9. The number of rotatable bonds is 2. The number of ketones is 1. The van der Waals surface area contributed by atoms with E-state index in [0.29, 0.717) is 0 Å². The van der Waals surface area contributed by atoms with Crippen molar-refractivity contribution in [2.75, 3.05) is 0 Å². The summed E-state index contributed by atoms with van der Waals surface area (Å²) in [6, 6.07) is 7.82. The standard InChI is InChI=1S/C13H13NO/c1-9(2)7-13(15)11-8-14-12-6-4-3-5-10(11)12/h3-8,14H,1-2H3. The number of fused-ring (bicyclic) bond motifs is 1. The van der Waals surface area contributed by atoms with Crippen molar-refractivity contribution < 1.29 is 4.79 Å². The Kier molecular flexibility index (Phi) is 2.42. The predicted octanol–water partition coefficient (Wildman–Crippen LogP) is 3.32. The number of hydrogen-bond acceptors (Lipinski definition) is 1. The number of para-hydroxylation sites is 1.